The number of nitrogens with two attached hydrogens (primary N) is 1. The number of carbonyl (C=O) groups is 2. The lowest BCUT2D eigenvalue weighted by atomic mass is 9.98. The first kappa shape index (κ1) is 16.3. The summed E-state index contributed by atoms with van der Waals surface area (Å²) < 4.78 is 14.6. The van der Waals surface area contributed by atoms with E-state index in [0.717, 1.165) is 4.48 Å². The van der Waals surface area contributed by atoms with Gasteiger partial charge in [-0.3, -0.25) is 9.59 Å². The Hall–Kier alpha value is -2.05. The van der Waals surface area contributed by atoms with E-state index in [4.69, 9.17) is 5.73 Å². The van der Waals surface area contributed by atoms with Crippen molar-refractivity contribution in [1.29, 1.82) is 0 Å². The molecule has 0 bridgehead atoms. The van der Waals surface area contributed by atoms with E-state index in [0.29, 0.717) is 11.3 Å². The van der Waals surface area contributed by atoms with E-state index in [-0.39, 0.29) is 18.5 Å². The van der Waals surface area contributed by atoms with Crippen molar-refractivity contribution >= 4 is 27.6 Å². The van der Waals surface area contributed by atoms with Gasteiger partial charge in [0.1, 0.15) is 5.82 Å². The van der Waals surface area contributed by atoms with E-state index in [1.807, 2.05) is 0 Å². The molecule has 3 N–H and O–H groups in total. The van der Waals surface area contributed by atoms with Crippen LogP contribution in [0.15, 0.2) is 58.2 Å². The van der Waals surface area contributed by atoms with Crippen LogP contribution in [0.2, 0.25) is 0 Å². The molecular formula is C16H14BrFN2O2. The fraction of sp³-hybridized carbons (Fsp3) is 0.125. The molecule has 1 amide bonds. The second kappa shape index (κ2) is 7.29. The van der Waals surface area contributed by atoms with Crippen LogP contribution in [0.4, 0.5) is 4.39 Å². The predicted octanol–water partition coefficient (Wildman–Crippen LogP) is 2.58. The number of carbonyl (C=O) groups excluding carboxylic acids is 2. The first-order valence-electron chi connectivity index (χ1n) is 6.59. The summed E-state index contributed by atoms with van der Waals surface area (Å²) in [4.78, 5) is 24.1. The third-order valence-corrected chi connectivity index (χ3v) is 3.68. The molecule has 1 aromatic carbocycles. The molecule has 0 fully saturated rings. The van der Waals surface area contributed by atoms with Gasteiger partial charge in [-0.05, 0) is 30.7 Å². The summed E-state index contributed by atoms with van der Waals surface area (Å²) in [5, 5.41) is 2.58. The summed E-state index contributed by atoms with van der Waals surface area (Å²) in [6, 6.07) is 5.75. The fourth-order valence-corrected chi connectivity index (χ4v) is 2.28. The number of nitrogens with one attached hydrogen (secondary N) is 1. The average Bonchev–Trinajstić information content (AvgIpc) is 2.69. The highest BCUT2D eigenvalue weighted by Crippen LogP contribution is 2.23. The SMILES string of the molecule is NCC(=O)NC1=C(C(=O)c2ccccc2F)CC=C(Br)C=C1. The minimum absolute atomic E-state index is 0.0307. The normalized spacial score (nSPS) is 14.4. The molecule has 0 unspecified atom stereocenters. The maximum Gasteiger partial charge on any atom is 0.238 e. The standard InChI is InChI=1S/C16H14BrFN2O2/c17-10-5-7-12(14(8-6-10)20-15(21)9-19)16(22)11-3-1-2-4-13(11)18/h1-6,8H,7,9,19H2,(H,20,21). The number of halogens is 2. The molecule has 0 saturated carbocycles. The Morgan fingerprint density at radius 3 is 2.68 bits per heavy atom. The van der Waals surface area contributed by atoms with E-state index in [9.17, 15) is 14.0 Å². The quantitative estimate of drug-likeness (QED) is 0.806. The number of hydrogen-bond donors (Lipinski definition) is 2. The smallest absolute Gasteiger partial charge is 0.238 e. The molecular weight excluding hydrogens is 351 g/mol. The molecule has 6 heteroatoms. The molecule has 0 radical (unpaired) electrons. The number of ketones is 1. The largest absolute Gasteiger partial charge is 0.325 e. The lowest BCUT2D eigenvalue weighted by molar-refractivity contribution is -0.118. The summed E-state index contributed by atoms with van der Waals surface area (Å²) in [5.41, 5.74) is 5.89. The summed E-state index contributed by atoms with van der Waals surface area (Å²) in [6.07, 6.45) is 5.33. The lowest BCUT2D eigenvalue weighted by Gasteiger charge is -2.11. The highest BCUT2D eigenvalue weighted by molar-refractivity contribution is 9.11. The van der Waals surface area contributed by atoms with Gasteiger partial charge in [-0.15, -0.1) is 0 Å². The van der Waals surface area contributed by atoms with Crippen molar-refractivity contribution < 1.29 is 14.0 Å². The average molecular weight is 365 g/mol. The lowest BCUT2D eigenvalue weighted by Crippen LogP contribution is -2.30. The number of amides is 1. The van der Waals surface area contributed by atoms with Crippen LogP contribution < -0.4 is 11.1 Å². The van der Waals surface area contributed by atoms with Crippen molar-refractivity contribution in [3.05, 3.63) is 69.6 Å². The Labute approximate surface area is 135 Å². The van der Waals surface area contributed by atoms with Crippen LogP contribution in [0.25, 0.3) is 0 Å². The topological polar surface area (TPSA) is 72.2 Å². The van der Waals surface area contributed by atoms with E-state index in [1.54, 1.807) is 24.3 Å². The Morgan fingerprint density at radius 1 is 1.27 bits per heavy atom. The molecule has 1 aromatic rings. The highest BCUT2D eigenvalue weighted by atomic mass is 79.9. The Morgan fingerprint density at radius 2 is 2.00 bits per heavy atom. The molecule has 0 atom stereocenters. The van der Waals surface area contributed by atoms with Crippen LogP contribution in [-0.2, 0) is 4.79 Å². The minimum Gasteiger partial charge on any atom is -0.325 e. The predicted molar refractivity (Wildman–Crippen MR) is 85.7 cm³/mol. The summed E-state index contributed by atoms with van der Waals surface area (Å²) in [6.45, 7) is -0.201. The van der Waals surface area contributed by atoms with Crippen LogP contribution in [0, 0.1) is 5.82 Å². The van der Waals surface area contributed by atoms with Gasteiger partial charge in [-0.25, -0.2) is 4.39 Å². The Bertz CT molecular complexity index is 708. The van der Waals surface area contributed by atoms with Crippen molar-refractivity contribution in [1.82, 2.24) is 5.32 Å². The summed E-state index contributed by atoms with van der Waals surface area (Å²) in [5.74, 6) is -1.48. The van der Waals surface area contributed by atoms with Crippen LogP contribution in [0.3, 0.4) is 0 Å². The van der Waals surface area contributed by atoms with Crippen LogP contribution in [-0.4, -0.2) is 18.2 Å². The highest BCUT2D eigenvalue weighted by Gasteiger charge is 2.20. The van der Waals surface area contributed by atoms with E-state index >= 15 is 0 Å². The van der Waals surface area contributed by atoms with Gasteiger partial charge < -0.3 is 11.1 Å². The van der Waals surface area contributed by atoms with E-state index in [2.05, 4.69) is 21.2 Å². The summed E-state index contributed by atoms with van der Waals surface area (Å²) >= 11 is 3.32. The molecule has 4 nitrogen and oxygen atoms in total. The third-order valence-electron chi connectivity index (χ3n) is 3.09. The van der Waals surface area contributed by atoms with Crippen molar-refractivity contribution in [2.24, 2.45) is 5.73 Å². The molecule has 2 rings (SSSR count). The van der Waals surface area contributed by atoms with Gasteiger partial charge in [0.05, 0.1) is 12.1 Å². The molecule has 1 aliphatic rings. The maximum atomic E-state index is 13.8. The molecule has 0 spiro atoms. The van der Waals surface area contributed by atoms with Crippen LogP contribution in [0.5, 0.6) is 0 Å². The number of benzene rings is 1. The summed E-state index contributed by atoms with van der Waals surface area (Å²) in [7, 11) is 0. The van der Waals surface area contributed by atoms with Crippen LogP contribution >= 0.6 is 15.9 Å². The van der Waals surface area contributed by atoms with Crippen LogP contribution in [0.1, 0.15) is 16.8 Å². The van der Waals surface area contributed by atoms with Gasteiger partial charge in [0, 0.05) is 15.8 Å². The minimum atomic E-state index is -0.597. The molecule has 1 aliphatic carbocycles. The molecule has 0 heterocycles. The monoisotopic (exact) mass is 364 g/mol. The molecule has 0 aliphatic heterocycles. The van der Waals surface area contributed by atoms with Gasteiger partial charge in [0.15, 0.2) is 5.78 Å². The zero-order valence-electron chi connectivity index (χ0n) is 11.6. The third kappa shape index (κ3) is 3.78. The van der Waals surface area contributed by atoms with Gasteiger partial charge in [0.25, 0.3) is 0 Å². The number of allylic oxidation sites excluding steroid dienone is 5. The van der Waals surface area contributed by atoms with Gasteiger partial charge >= 0.3 is 0 Å². The van der Waals surface area contributed by atoms with Crippen molar-refractivity contribution in [2.45, 2.75) is 6.42 Å². The second-order valence-corrected chi connectivity index (χ2v) is 5.50. The van der Waals surface area contributed by atoms with Gasteiger partial charge in [-0.2, -0.15) is 0 Å². The van der Waals surface area contributed by atoms with Gasteiger partial charge in [-0.1, -0.05) is 34.1 Å². The first-order chi connectivity index (χ1) is 10.5. The zero-order chi connectivity index (χ0) is 16.1. The van der Waals surface area contributed by atoms with E-state index < -0.39 is 17.5 Å². The maximum absolute atomic E-state index is 13.8. The molecule has 0 aromatic heterocycles. The molecule has 114 valence electrons. The van der Waals surface area contributed by atoms with Gasteiger partial charge in [0.2, 0.25) is 5.91 Å². The first-order valence-corrected chi connectivity index (χ1v) is 7.38. The number of Topliss-reactive ketones (excluding diaryl/α,β-unsaturated/α-hetero) is 1. The number of rotatable bonds is 4. The fourth-order valence-electron chi connectivity index (χ4n) is 1.98. The van der Waals surface area contributed by atoms with Crippen molar-refractivity contribution in [2.75, 3.05) is 6.54 Å². The molecule has 0 saturated heterocycles. The second-order valence-electron chi connectivity index (χ2n) is 4.58. The Kier molecular flexibility index (Phi) is 5.41. The zero-order valence-corrected chi connectivity index (χ0v) is 13.2. The Balaban J connectivity index is 2.45. The van der Waals surface area contributed by atoms with Crippen molar-refractivity contribution in [3.8, 4) is 0 Å². The van der Waals surface area contributed by atoms with E-state index in [1.165, 1.54) is 18.2 Å². The van der Waals surface area contributed by atoms with Crippen molar-refractivity contribution in [3.63, 3.8) is 0 Å². The number of hydrogen-bond acceptors (Lipinski definition) is 3. The molecule has 22 heavy (non-hydrogen) atoms.